The molecule has 33 heavy (non-hydrogen) atoms. The summed E-state index contributed by atoms with van der Waals surface area (Å²) in [7, 11) is 9.47. The first kappa shape index (κ1) is 31.5. The Morgan fingerprint density at radius 2 is 0.788 bits per heavy atom. The van der Waals surface area contributed by atoms with Gasteiger partial charge < -0.3 is 0 Å². The summed E-state index contributed by atoms with van der Waals surface area (Å²) in [5.41, 5.74) is 2.41. The second kappa shape index (κ2) is 15.5. The molecular formula is C28H52Cl2CoN2. The summed E-state index contributed by atoms with van der Waals surface area (Å²) < 4.78 is 0. The molecule has 2 rings (SSSR count). The molecule has 2 aliphatic rings. The van der Waals surface area contributed by atoms with E-state index >= 15 is 0 Å². The van der Waals surface area contributed by atoms with Gasteiger partial charge in [0.2, 0.25) is 0 Å². The Morgan fingerprint density at radius 1 is 0.576 bits per heavy atom. The van der Waals surface area contributed by atoms with Crippen LogP contribution >= 0.6 is 20.3 Å². The van der Waals surface area contributed by atoms with Crippen molar-refractivity contribution in [2.24, 2.45) is 57.3 Å². The molecule has 2 fully saturated rings. The van der Waals surface area contributed by atoms with Gasteiger partial charge in [-0.05, 0) is 86.9 Å². The van der Waals surface area contributed by atoms with Crippen LogP contribution in [0, 0.1) is 47.3 Å². The first-order valence-electron chi connectivity index (χ1n) is 13.4. The van der Waals surface area contributed by atoms with E-state index in [2.05, 4.69) is 69.2 Å². The van der Waals surface area contributed by atoms with Gasteiger partial charge in [-0.2, -0.15) is 0 Å². The molecule has 0 bridgehead atoms. The minimum atomic E-state index is 0.382. The number of aliphatic imine (C=N–C) groups is 2. The number of halogens is 2. The molecule has 0 aliphatic heterocycles. The molecule has 197 valence electrons. The first-order chi connectivity index (χ1) is 15.5. The fraction of sp³-hybridized carbons (Fsp3) is 0.929. The molecule has 0 N–H and O–H groups in total. The van der Waals surface area contributed by atoms with Gasteiger partial charge >= 0.3 is 33.2 Å². The topological polar surface area (TPSA) is 24.7 Å². The summed E-state index contributed by atoms with van der Waals surface area (Å²) in [5.74, 6) is 5.70. The van der Waals surface area contributed by atoms with Crippen molar-refractivity contribution in [3.05, 3.63) is 0 Å². The van der Waals surface area contributed by atoms with Gasteiger partial charge in [0.25, 0.3) is 0 Å². The van der Waals surface area contributed by atoms with E-state index in [1.54, 1.807) is 0 Å². The Balaban J connectivity index is 0.00000172. The molecule has 0 aromatic carbocycles. The molecule has 4 atom stereocenters. The quantitative estimate of drug-likeness (QED) is 0.284. The van der Waals surface area contributed by atoms with Gasteiger partial charge in [-0.15, -0.1) is 0 Å². The molecular weight excluding hydrogens is 494 g/mol. The SMILES string of the molecule is CC(=NC1C(C(C)C)CCCC1C(C)C)C(C)=NC1C(C(C)C)CCCC1C(C)C.[Cl][Co][Cl]. The van der Waals surface area contributed by atoms with Crippen LogP contribution in [0.1, 0.15) is 108 Å². The molecule has 0 radical (unpaired) electrons. The van der Waals surface area contributed by atoms with Crippen molar-refractivity contribution in [2.45, 2.75) is 120 Å². The normalized spacial score (nSPS) is 32.0. The molecule has 2 saturated carbocycles. The number of rotatable bonds is 7. The van der Waals surface area contributed by atoms with Crippen LogP contribution in [0.25, 0.3) is 0 Å². The van der Waals surface area contributed by atoms with Gasteiger partial charge in [-0.3, -0.25) is 9.98 Å². The van der Waals surface area contributed by atoms with E-state index in [1.165, 1.54) is 49.9 Å². The van der Waals surface area contributed by atoms with Crippen molar-refractivity contribution < 1.29 is 12.9 Å². The average Bonchev–Trinajstić information content (AvgIpc) is 2.73. The molecule has 0 amide bonds. The number of hydrogen-bond acceptors (Lipinski definition) is 2. The summed E-state index contributed by atoms with van der Waals surface area (Å²) in [6.45, 7) is 23.7. The van der Waals surface area contributed by atoms with Gasteiger partial charge in [0.05, 0.1) is 23.5 Å². The van der Waals surface area contributed by atoms with Crippen LogP contribution in [0.15, 0.2) is 9.98 Å². The molecule has 2 nitrogen and oxygen atoms in total. The predicted molar refractivity (Wildman–Crippen MR) is 147 cm³/mol. The maximum atomic E-state index is 5.43. The van der Waals surface area contributed by atoms with E-state index in [1.807, 2.05) is 0 Å². The summed E-state index contributed by atoms with van der Waals surface area (Å²) >= 11 is 0.382. The third-order valence-electron chi connectivity index (χ3n) is 8.54. The van der Waals surface area contributed by atoms with Crippen molar-refractivity contribution in [3.8, 4) is 0 Å². The molecule has 0 saturated heterocycles. The van der Waals surface area contributed by atoms with E-state index < -0.39 is 0 Å². The van der Waals surface area contributed by atoms with Crippen molar-refractivity contribution in [3.63, 3.8) is 0 Å². The second-order valence-electron chi connectivity index (χ2n) is 12.0. The van der Waals surface area contributed by atoms with Gasteiger partial charge in [0, 0.05) is 0 Å². The van der Waals surface area contributed by atoms with Crippen LogP contribution < -0.4 is 0 Å². The van der Waals surface area contributed by atoms with Gasteiger partial charge in [-0.25, -0.2) is 0 Å². The van der Waals surface area contributed by atoms with E-state index in [-0.39, 0.29) is 0 Å². The minimum absolute atomic E-state index is 0.382. The Bertz CT molecular complexity index is 531. The molecule has 5 heteroatoms. The van der Waals surface area contributed by atoms with Crippen LogP contribution in [-0.2, 0) is 12.9 Å². The standard InChI is InChI=1S/C28H52N2.2ClH.Co/c1-17(2)23-13-11-14-24(18(3)4)27(23)29-21(9)22(10)30-28-25(19(5)6)15-12-16-26(28)20(7)8;;;/h17-20,23-28H,11-16H2,1-10H3;2*1H;/q;;;+2/p-2. The molecule has 0 heterocycles. The van der Waals surface area contributed by atoms with E-state index in [0.717, 1.165) is 23.7 Å². The first-order valence-corrected chi connectivity index (χ1v) is 16.2. The predicted octanol–water partition coefficient (Wildman–Crippen LogP) is 9.48. The number of nitrogens with zero attached hydrogens (tertiary/aromatic N) is 2. The second-order valence-corrected chi connectivity index (χ2v) is 13.7. The van der Waals surface area contributed by atoms with Gasteiger partial charge in [0.1, 0.15) is 0 Å². The van der Waals surface area contributed by atoms with Crippen molar-refractivity contribution in [2.75, 3.05) is 0 Å². The van der Waals surface area contributed by atoms with E-state index in [4.69, 9.17) is 30.3 Å². The summed E-state index contributed by atoms with van der Waals surface area (Å²) in [4.78, 5) is 10.9. The average molecular weight is 547 g/mol. The molecule has 0 aromatic rings. The molecule has 0 aromatic heterocycles. The third-order valence-corrected chi connectivity index (χ3v) is 8.54. The Hall–Kier alpha value is 0.426. The Labute approximate surface area is 221 Å². The van der Waals surface area contributed by atoms with Gasteiger partial charge in [0.15, 0.2) is 0 Å². The monoisotopic (exact) mass is 545 g/mol. The van der Waals surface area contributed by atoms with Crippen LogP contribution in [0.3, 0.4) is 0 Å². The van der Waals surface area contributed by atoms with Crippen molar-refractivity contribution >= 4 is 31.7 Å². The van der Waals surface area contributed by atoms with Crippen LogP contribution in [0.2, 0.25) is 0 Å². The fourth-order valence-corrected chi connectivity index (χ4v) is 6.42. The van der Waals surface area contributed by atoms with Gasteiger partial charge in [-0.1, -0.05) is 68.2 Å². The summed E-state index contributed by atoms with van der Waals surface area (Å²) in [6, 6.07) is 0.939. The zero-order valence-electron chi connectivity index (χ0n) is 23.0. The van der Waals surface area contributed by atoms with E-state index in [9.17, 15) is 0 Å². The number of hydrogen-bond donors (Lipinski definition) is 0. The van der Waals surface area contributed by atoms with Crippen molar-refractivity contribution in [1.82, 2.24) is 0 Å². The van der Waals surface area contributed by atoms with Crippen LogP contribution in [0.5, 0.6) is 0 Å². The Kier molecular flexibility index (Phi) is 14.8. The van der Waals surface area contributed by atoms with Crippen molar-refractivity contribution in [1.29, 1.82) is 0 Å². The maximum absolute atomic E-state index is 5.43. The van der Waals surface area contributed by atoms with Crippen LogP contribution in [-0.4, -0.2) is 23.5 Å². The summed E-state index contributed by atoms with van der Waals surface area (Å²) in [5, 5.41) is 0. The third kappa shape index (κ3) is 9.43. The molecule has 4 unspecified atom stereocenters. The molecule has 0 spiro atoms. The summed E-state index contributed by atoms with van der Waals surface area (Å²) in [6.07, 6.45) is 8.10. The van der Waals surface area contributed by atoms with E-state index in [0.29, 0.717) is 48.6 Å². The molecule has 2 aliphatic carbocycles. The van der Waals surface area contributed by atoms with Crippen LogP contribution in [0.4, 0.5) is 0 Å². The Morgan fingerprint density at radius 3 is 0.970 bits per heavy atom. The zero-order chi connectivity index (χ0) is 25.3. The zero-order valence-corrected chi connectivity index (χ0v) is 25.6. The fourth-order valence-electron chi connectivity index (χ4n) is 6.42.